The zero-order valence-electron chi connectivity index (χ0n) is 16.2. The summed E-state index contributed by atoms with van der Waals surface area (Å²) >= 11 is 0. The molecular formula is C21H29NO6. The van der Waals surface area contributed by atoms with Crippen molar-refractivity contribution in [1.82, 2.24) is 4.98 Å². The number of hydrogen-bond donors (Lipinski definition) is 0. The minimum Gasteiger partial charge on any atom is -0.377 e. The molecule has 1 aliphatic heterocycles. The quantitative estimate of drug-likeness (QED) is 0.739. The Hall–Kier alpha value is -1.61. The van der Waals surface area contributed by atoms with Gasteiger partial charge in [-0.25, -0.2) is 4.98 Å². The molecule has 0 spiro atoms. The molecule has 1 aromatic heterocycles. The van der Waals surface area contributed by atoms with Crippen molar-refractivity contribution in [2.24, 2.45) is 0 Å². The minimum absolute atomic E-state index is 0.258. The van der Waals surface area contributed by atoms with Gasteiger partial charge in [0.25, 0.3) is 0 Å². The van der Waals surface area contributed by atoms with Crippen LogP contribution >= 0.6 is 0 Å². The lowest BCUT2D eigenvalue weighted by Gasteiger charge is -2.18. The van der Waals surface area contributed by atoms with Gasteiger partial charge in [-0.15, -0.1) is 0 Å². The number of para-hydroxylation sites is 1. The monoisotopic (exact) mass is 391 g/mol. The molecule has 1 aromatic carbocycles. The van der Waals surface area contributed by atoms with Crippen LogP contribution in [0.15, 0.2) is 36.4 Å². The Labute approximate surface area is 165 Å². The van der Waals surface area contributed by atoms with Crippen LogP contribution in [0.3, 0.4) is 0 Å². The summed E-state index contributed by atoms with van der Waals surface area (Å²) in [5, 5.41) is 1.10. The van der Waals surface area contributed by atoms with Crippen molar-refractivity contribution in [2.75, 3.05) is 72.7 Å². The Morgan fingerprint density at radius 2 is 1.18 bits per heavy atom. The molecule has 154 valence electrons. The van der Waals surface area contributed by atoms with E-state index in [1.54, 1.807) is 0 Å². The van der Waals surface area contributed by atoms with Gasteiger partial charge < -0.3 is 28.4 Å². The van der Waals surface area contributed by atoms with Crippen molar-refractivity contribution in [3.8, 4) is 0 Å². The van der Waals surface area contributed by atoms with Crippen molar-refractivity contribution in [2.45, 2.75) is 6.10 Å². The predicted molar refractivity (Wildman–Crippen MR) is 105 cm³/mol. The van der Waals surface area contributed by atoms with Crippen LogP contribution < -0.4 is 0 Å². The summed E-state index contributed by atoms with van der Waals surface area (Å²) in [5.41, 5.74) is 1.80. The van der Waals surface area contributed by atoms with Gasteiger partial charge in [0.1, 0.15) is 6.10 Å². The van der Waals surface area contributed by atoms with Crippen molar-refractivity contribution in [1.29, 1.82) is 0 Å². The van der Waals surface area contributed by atoms with E-state index in [0.29, 0.717) is 72.7 Å². The average molecular weight is 391 g/mol. The summed E-state index contributed by atoms with van der Waals surface area (Å²) in [7, 11) is 0. The molecule has 2 aromatic rings. The third-order valence-electron chi connectivity index (χ3n) is 4.25. The van der Waals surface area contributed by atoms with E-state index in [2.05, 4.69) is 6.07 Å². The Morgan fingerprint density at radius 3 is 1.86 bits per heavy atom. The number of fused-ring (bicyclic) bond motifs is 1. The highest BCUT2D eigenvalue weighted by molar-refractivity contribution is 5.78. The Balaban J connectivity index is 1.56. The fraction of sp³-hybridized carbons (Fsp3) is 0.571. The summed E-state index contributed by atoms with van der Waals surface area (Å²) in [5.74, 6) is 0. The molecule has 1 atom stereocenters. The molecule has 0 radical (unpaired) electrons. The van der Waals surface area contributed by atoms with Crippen LogP contribution in [0.4, 0.5) is 0 Å². The van der Waals surface area contributed by atoms with E-state index in [0.717, 1.165) is 16.6 Å². The second-order valence-corrected chi connectivity index (χ2v) is 6.31. The molecule has 1 unspecified atom stereocenters. The van der Waals surface area contributed by atoms with Crippen molar-refractivity contribution in [3.05, 3.63) is 42.1 Å². The fourth-order valence-corrected chi connectivity index (χ4v) is 2.80. The number of pyridine rings is 1. The van der Waals surface area contributed by atoms with Crippen LogP contribution in [-0.4, -0.2) is 77.7 Å². The van der Waals surface area contributed by atoms with Gasteiger partial charge in [0.15, 0.2) is 0 Å². The normalized spacial score (nSPS) is 22.4. The third kappa shape index (κ3) is 7.43. The smallest absolute Gasteiger partial charge is 0.123 e. The number of ether oxygens (including phenoxy) is 6. The molecule has 28 heavy (non-hydrogen) atoms. The van der Waals surface area contributed by atoms with Gasteiger partial charge in [-0.2, -0.15) is 0 Å². The van der Waals surface area contributed by atoms with Crippen LogP contribution in [0.5, 0.6) is 0 Å². The summed E-state index contributed by atoms with van der Waals surface area (Å²) < 4.78 is 33.7. The van der Waals surface area contributed by atoms with Gasteiger partial charge in [0.2, 0.25) is 0 Å². The Kier molecular flexibility index (Phi) is 9.63. The first-order chi connectivity index (χ1) is 13.9. The van der Waals surface area contributed by atoms with E-state index in [1.807, 2.05) is 30.3 Å². The second-order valence-electron chi connectivity index (χ2n) is 6.31. The average Bonchev–Trinajstić information content (AvgIpc) is 2.73. The van der Waals surface area contributed by atoms with Crippen LogP contribution in [0, 0.1) is 0 Å². The second kappa shape index (κ2) is 12.8. The molecule has 7 nitrogen and oxygen atoms in total. The van der Waals surface area contributed by atoms with Crippen LogP contribution in [0.2, 0.25) is 0 Å². The van der Waals surface area contributed by atoms with Gasteiger partial charge in [0.05, 0.1) is 83.9 Å². The predicted octanol–water partition coefficient (Wildman–Crippen LogP) is 2.39. The van der Waals surface area contributed by atoms with E-state index >= 15 is 0 Å². The molecule has 0 aliphatic carbocycles. The number of nitrogens with zero attached hydrogens (tertiary/aromatic N) is 1. The first-order valence-electron chi connectivity index (χ1n) is 9.79. The zero-order chi connectivity index (χ0) is 19.3. The van der Waals surface area contributed by atoms with Crippen LogP contribution in [0.25, 0.3) is 10.9 Å². The van der Waals surface area contributed by atoms with E-state index in [9.17, 15) is 0 Å². The van der Waals surface area contributed by atoms with E-state index < -0.39 is 0 Å². The SMILES string of the molecule is c1ccc2nc(C3COCCOCCOCCOCCOCCO3)ccc2c1. The highest BCUT2D eigenvalue weighted by Crippen LogP contribution is 2.20. The number of rotatable bonds is 1. The van der Waals surface area contributed by atoms with Crippen molar-refractivity contribution < 1.29 is 28.4 Å². The van der Waals surface area contributed by atoms with Crippen LogP contribution in [0.1, 0.15) is 11.8 Å². The first kappa shape index (κ1) is 21.1. The van der Waals surface area contributed by atoms with Gasteiger partial charge in [-0.1, -0.05) is 24.3 Å². The van der Waals surface area contributed by atoms with Crippen molar-refractivity contribution in [3.63, 3.8) is 0 Å². The molecule has 2 heterocycles. The van der Waals surface area contributed by atoms with E-state index in [1.165, 1.54) is 0 Å². The number of aromatic nitrogens is 1. The molecule has 1 fully saturated rings. The van der Waals surface area contributed by atoms with Gasteiger partial charge in [0, 0.05) is 5.39 Å². The lowest BCUT2D eigenvalue weighted by atomic mass is 10.1. The molecule has 0 saturated carbocycles. The third-order valence-corrected chi connectivity index (χ3v) is 4.25. The number of hydrogen-bond acceptors (Lipinski definition) is 7. The highest BCUT2D eigenvalue weighted by atomic mass is 16.6. The molecule has 3 rings (SSSR count). The highest BCUT2D eigenvalue weighted by Gasteiger charge is 2.15. The minimum atomic E-state index is -0.258. The maximum atomic E-state index is 6.01. The van der Waals surface area contributed by atoms with Crippen molar-refractivity contribution >= 4 is 10.9 Å². The maximum Gasteiger partial charge on any atom is 0.123 e. The fourth-order valence-electron chi connectivity index (χ4n) is 2.80. The summed E-state index contributed by atoms with van der Waals surface area (Å²) in [4.78, 5) is 4.74. The molecule has 0 bridgehead atoms. The molecular weight excluding hydrogens is 362 g/mol. The molecule has 7 heteroatoms. The largest absolute Gasteiger partial charge is 0.377 e. The summed E-state index contributed by atoms with van der Waals surface area (Å²) in [6.07, 6.45) is -0.258. The molecule has 1 aliphatic rings. The summed E-state index contributed by atoms with van der Waals surface area (Å²) in [6, 6.07) is 12.1. The molecule has 1 saturated heterocycles. The summed E-state index contributed by atoms with van der Waals surface area (Å²) in [6.45, 7) is 5.64. The van der Waals surface area contributed by atoms with Gasteiger partial charge in [-0.3, -0.25) is 0 Å². The Morgan fingerprint density at radius 1 is 0.607 bits per heavy atom. The lowest BCUT2D eigenvalue weighted by molar-refractivity contribution is -0.0627. The standard InChI is InChI=1S/C21H29NO6/c1-2-4-19-18(3-1)5-6-20(22-19)21-17-27-14-13-25-10-9-23-7-8-24-11-12-26-15-16-28-21/h1-6,21H,7-17H2. The van der Waals surface area contributed by atoms with Gasteiger partial charge in [-0.05, 0) is 12.1 Å². The van der Waals surface area contributed by atoms with Gasteiger partial charge >= 0.3 is 0 Å². The Bertz CT molecular complexity index is 665. The molecule has 0 amide bonds. The van der Waals surface area contributed by atoms with Crippen LogP contribution in [-0.2, 0) is 28.4 Å². The maximum absolute atomic E-state index is 6.01. The first-order valence-corrected chi connectivity index (χ1v) is 9.79. The topological polar surface area (TPSA) is 68.3 Å². The zero-order valence-corrected chi connectivity index (χ0v) is 16.2. The molecule has 0 N–H and O–H groups in total. The van der Waals surface area contributed by atoms with E-state index in [-0.39, 0.29) is 6.10 Å². The lowest BCUT2D eigenvalue weighted by Crippen LogP contribution is -2.19. The van der Waals surface area contributed by atoms with E-state index in [4.69, 9.17) is 33.4 Å². The number of benzene rings is 1.